The molecule has 0 unspecified atom stereocenters. The van der Waals surface area contributed by atoms with Crippen molar-refractivity contribution in [2.75, 3.05) is 31.5 Å². The Morgan fingerprint density at radius 1 is 1.04 bits per heavy atom. The van der Waals surface area contributed by atoms with Crippen LogP contribution in [0.1, 0.15) is 32.1 Å². The van der Waals surface area contributed by atoms with Crippen molar-refractivity contribution >= 4 is 23.9 Å². The average Bonchev–Trinajstić information content (AvgIpc) is 2.69. The zero-order valence-corrected chi connectivity index (χ0v) is 15.4. The molecule has 0 radical (unpaired) electrons. The molecule has 1 aliphatic heterocycles. The first-order chi connectivity index (χ1) is 13.0. The highest BCUT2D eigenvalue weighted by Crippen LogP contribution is 2.17. The first kappa shape index (κ1) is 18.6. The van der Waals surface area contributed by atoms with Crippen LogP contribution in [0.4, 0.5) is 5.69 Å². The number of benzene rings is 1. The summed E-state index contributed by atoms with van der Waals surface area (Å²) in [6.45, 7) is 5.83. The molecule has 3 rings (SSSR count). The number of nitrogens with one attached hydrogen (secondary N) is 1. The predicted octanol–water partition coefficient (Wildman–Crippen LogP) is 1.86. The molecule has 0 bridgehead atoms. The summed E-state index contributed by atoms with van der Waals surface area (Å²) < 4.78 is 0. The molecule has 27 heavy (non-hydrogen) atoms. The number of anilines is 1. The van der Waals surface area contributed by atoms with Crippen molar-refractivity contribution in [2.45, 2.75) is 13.8 Å². The van der Waals surface area contributed by atoms with Gasteiger partial charge in [0.2, 0.25) is 6.41 Å². The molecule has 1 aromatic carbocycles. The fraction of sp³-hybridized carbons (Fsp3) is 0.300. The molecule has 0 aliphatic carbocycles. The normalized spacial score (nSPS) is 14.0. The fourth-order valence-electron chi connectivity index (χ4n) is 3.01. The predicted molar refractivity (Wildman–Crippen MR) is 102 cm³/mol. The lowest BCUT2D eigenvalue weighted by Gasteiger charge is -2.32. The maximum absolute atomic E-state index is 12.6. The molecule has 0 spiro atoms. The van der Waals surface area contributed by atoms with Crippen LogP contribution in [-0.2, 0) is 4.79 Å². The molecule has 1 N–H and O–H groups in total. The molecule has 7 nitrogen and oxygen atoms in total. The minimum absolute atomic E-state index is 0.187. The van der Waals surface area contributed by atoms with Crippen molar-refractivity contribution < 1.29 is 14.4 Å². The molecule has 7 heteroatoms. The summed E-state index contributed by atoms with van der Waals surface area (Å²) in [5, 5.41) is 2.84. The minimum atomic E-state index is -0.359. The number of aromatic nitrogens is 1. The van der Waals surface area contributed by atoms with Crippen LogP contribution in [-0.4, -0.2) is 59.2 Å². The Morgan fingerprint density at radius 3 is 2.41 bits per heavy atom. The minimum Gasteiger partial charge on any atom is -0.342 e. The molecule has 1 aliphatic rings. The molecule has 1 saturated heterocycles. The molecular weight excluding hydrogens is 344 g/mol. The monoisotopic (exact) mass is 366 g/mol. The highest BCUT2D eigenvalue weighted by atomic mass is 16.2. The van der Waals surface area contributed by atoms with Crippen LogP contribution in [0.15, 0.2) is 36.4 Å². The van der Waals surface area contributed by atoms with E-state index >= 15 is 0 Å². The van der Waals surface area contributed by atoms with E-state index in [-0.39, 0.29) is 23.2 Å². The first-order valence-electron chi connectivity index (χ1n) is 8.82. The summed E-state index contributed by atoms with van der Waals surface area (Å²) in [5.41, 5.74) is 3.21. The molecule has 2 heterocycles. The zero-order valence-electron chi connectivity index (χ0n) is 15.4. The van der Waals surface area contributed by atoms with E-state index in [4.69, 9.17) is 0 Å². The van der Waals surface area contributed by atoms with Crippen molar-refractivity contribution in [3.8, 4) is 0 Å². The summed E-state index contributed by atoms with van der Waals surface area (Å²) >= 11 is 0. The third kappa shape index (κ3) is 4.31. The molecule has 0 saturated carbocycles. The van der Waals surface area contributed by atoms with Gasteiger partial charge in [0.15, 0.2) is 0 Å². The number of rotatable bonds is 4. The second-order valence-corrected chi connectivity index (χ2v) is 6.61. The van der Waals surface area contributed by atoms with Crippen molar-refractivity contribution in [1.29, 1.82) is 0 Å². The topological polar surface area (TPSA) is 82.6 Å². The van der Waals surface area contributed by atoms with Gasteiger partial charge in [-0.15, -0.1) is 0 Å². The van der Waals surface area contributed by atoms with Crippen LogP contribution >= 0.6 is 0 Å². The fourth-order valence-corrected chi connectivity index (χ4v) is 3.01. The summed E-state index contributed by atoms with van der Waals surface area (Å²) in [6, 6.07) is 10.6. The van der Waals surface area contributed by atoms with Crippen molar-refractivity contribution in [2.24, 2.45) is 0 Å². The lowest BCUT2D eigenvalue weighted by molar-refractivity contribution is -0.119. The van der Waals surface area contributed by atoms with E-state index in [1.54, 1.807) is 28.0 Å². The van der Waals surface area contributed by atoms with Crippen LogP contribution in [0, 0.1) is 13.8 Å². The van der Waals surface area contributed by atoms with Gasteiger partial charge in [-0.25, -0.2) is 4.98 Å². The lowest BCUT2D eigenvalue weighted by Crippen LogP contribution is -2.48. The van der Waals surface area contributed by atoms with Gasteiger partial charge < -0.3 is 15.1 Å². The third-order valence-electron chi connectivity index (χ3n) is 4.58. The molecule has 140 valence electrons. The molecular formula is C20H22N4O3. The molecule has 2 aromatic rings. The summed E-state index contributed by atoms with van der Waals surface area (Å²) in [6.07, 6.45) is 0.790. The second kappa shape index (κ2) is 7.99. The van der Waals surface area contributed by atoms with Crippen molar-refractivity contribution in [3.05, 3.63) is 58.9 Å². The molecule has 3 amide bonds. The van der Waals surface area contributed by atoms with E-state index in [2.05, 4.69) is 10.3 Å². The van der Waals surface area contributed by atoms with Crippen LogP contribution in [0.25, 0.3) is 0 Å². The SMILES string of the molecule is Cc1ccc(NC(=O)c2cccc(C(=O)N3CCN(C=O)CC3)n2)c(C)c1. The van der Waals surface area contributed by atoms with Crippen molar-refractivity contribution in [1.82, 2.24) is 14.8 Å². The van der Waals surface area contributed by atoms with Gasteiger partial charge in [-0.2, -0.15) is 0 Å². The standard InChI is InChI=1S/C20H22N4O3/c1-14-6-7-16(15(2)12-14)22-19(26)17-4-3-5-18(21-17)20(27)24-10-8-23(13-25)9-11-24/h3-7,12-13H,8-11H2,1-2H3,(H,22,26). The van der Waals surface area contributed by atoms with Crippen LogP contribution < -0.4 is 5.32 Å². The van der Waals surface area contributed by atoms with E-state index in [1.165, 1.54) is 0 Å². The Kier molecular flexibility index (Phi) is 5.49. The van der Waals surface area contributed by atoms with Crippen LogP contribution in [0.3, 0.4) is 0 Å². The second-order valence-electron chi connectivity index (χ2n) is 6.61. The Labute approximate surface area is 158 Å². The van der Waals surface area contributed by atoms with E-state index in [1.807, 2.05) is 32.0 Å². The van der Waals surface area contributed by atoms with Gasteiger partial charge >= 0.3 is 0 Å². The van der Waals surface area contributed by atoms with Gasteiger partial charge in [-0.05, 0) is 37.6 Å². The number of hydrogen-bond donors (Lipinski definition) is 1. The maximum Gasteiger partial charge on any atom is 0.274 e. The number of aryl methyl sites for hydroxylation is 2. The highest BCUT2D eigenvalue weighted by Gasteiger charge is 2.23. The van der Waals surface area contributed by atoms with Gasteiger partial charge in [-0.3, -0.25) is 14.4 Å². The number of piperazine rings is 1. The largest absolute Gasteiger partial charge is 0.342 e. The molecule has 1 aromatic heterocycles. The maximum atomic E-state index is 12.6. The average molecular weight is 366 g/mol. The van der Waals surface area contributed by atoms with Gasteiger partial charge in [0.1, 0.15) is 11.4 Å². The number of nitrogens with zero attached hydrogens (tertiary/aromatic N) is 3. The Hall–Kier alpha value is -3.22. The van der Waals surface area contributed by atoms with Crippen LogP contribution in [0.5, 0.6) is 0 Å². The van der Waals surface area contributed by atoms with Crippen molar-refractivity contribution in [3.63, 3.8) is 0 Å². The van der Waals surface area contributed by atoms with Gasteiger partial charge in [0.05, 0.1) is 0 Å². The number of amides is 3. The van der Waals surface area contributed by atoms with Gasteiger partial charge in [0.25, 0.3) is 11.8 Å². The summed E-state index contributed by atoms with van der Waals surface area (Å²) in [7, 11) is 0. The highest BCUT2D eigenvalue weighted by molar-refractivity contribution is 6.04. The third-order valence-corrected chi connectivity index (χ3v) is 4.58. The van der Waals surface area contributed by atoms with Crippen LogP contribution in [0.2, 0.25) is 0 Å². The van der Waals surface area contributed by atoms with Gasteiger partial charge in [0, 0.05) is 31.9 Å². The first-order valence-corrected chi connectivity index (χ1v) is 8.82. The van der Waals surface area contributed by atoms with E-state index in [9.17, 15) is 14.4 Å². The number of pyridine rings is 1. The van der Waals surface area contributed by atoms with E-state index < -0.39 is 0 Å². The Bertz CT molecular complexity index is 873. The molecule has 1 fully saturated rings. The number of hydrogen-bond acceptors (Lipinski definition) is 4. The Balaban J connectivity index is 1.72. The smallest absolute Gasteiger partial charge is 0.274 e. The van der Waals surface area contributed by atoms with E-state index in [0.717, 1.165) is 17.5 Å². The number of carbonyl (C=O) groups is 3. The Morgan fingerprint density at radius 2 is 1.74 bits per heavy atom. The van der Waals surface area contributed by atoms with Gasteiger partial charge in [-0.1, -0.05) is 23.8 Å². The molecule has 0 atom stereocenters. The lowest BCUT2D eigenvalue weighted by atomic mass is 10.1. The summed E-state index contributed by atoms with van der Waals surface area (Å²) in [5.74, 6) is -0.593. The zero-order chi connectivity index (χ0) is 19.4. The summed E-state index contributed by atoms with van der Waals surface area (Å²) in [4.78, 5) is 43.5. The quantitative estimate of drug-likeness (QED) is 0.838. The van der Waals surface area contributed by atoms with E-state index in [0.29, 0.717) is 31.9 Å². The number of carbonyl (C=O) groups excluding carboxylic acids is 3.